The van der Waals surface area contributed by atoms with E-state index in [2.05, 4.69) is 24.1 Å². The Morgan fingerprint density at radius 3 is 2.79 bits per heavy atom. The van der Waals surface area contributed by atoms with Crippen molar-refractivity contribution in [2.45, 2.75) is 40.2 Å². The summed E-state index contributed by atoms with van der Waals surface area (Å²) in [4.78, 5) is 17.1. The number of hydrogen-bond acceptors (Lipinski definition) is 4. The lowest BCUT2D eigenvalue weighted by Crippen LogP contribution is -2.23. The molecule has 2 aromatic rings. The van der Waals surface area contributed by atoms with Gasteiger partial charge in [0.25, 0.3) is 5.91 Å². The molecule has 0 saturated carbocycles. The maximum absolute atomic E-state index is 12.1. The fourth-order valence-corrected chi connectivity index (χ4v) is 2.78. The van der Waals surface area contributed by atoms with Crippen LogP contribution in [0.3, 0.4) is 0 Å². The van der Waals surface area contributed by atoms with Crippen molar-refractivity contribution in [2.24, 2.45) is 0 Å². The summed E-state index contributed by atoms with van der Waals surface area (Å²) in [6.45, 7) is 8.24. The van der Waals surface area contributed by atoms with Gasteiger partial charge in [-0.15, -0.1) is 11.3 Å². The third-order valence-corrected chi connectivity index (χ3v) is 3.93. The highest BCUT2D eigenvalue weighted by molar-refractivity contribution is 7.12. The summed E-state index contributed by atoms with van der Waals surface area (Å²) in [5, 5.41) is 4.80. The lowest BCUT2D eigenvalue weighted by Gasteiger charge is -2.06. The SMILES string of the molecule is Cc1nc(CNC(=O)c2sccc2C(C)C)oc1C. The Hall–Kier alpha value is -1.62. The van der Waals surface area contributed by atoms with Crippen molar-refractivity contribution >= 4 is 17.2 Å². The third-order valence-electron chi connectivity index (χ3n) is 3.00. The van der Waals surface area contributed by atoms with Gasteiger partial charge in [0.05, 0.1) is 17.1 Å². The van der Waals surface area contributed by atoms with E-state index in [-0.39, 0.29) is 5.91 Å². The van der Waals surface area contributed by atoms with Crippen molar-refractivity contribution in [3.05, 3.63) is 39.2 Å². The lowest BCUT2D eigenvalue weighted by molar-refractivity contribution is 0.0950. The maximum atomic E-state index is 12.1. The molecule has 4 nitrogen and oxygen atoms in total. The van der Waals surface area contributed by atoms with Gasteiger partial charge in [0.15, 0.2) is 0 Å². The fourth-order valence-electron chi connectivity index (χ4n) is 1.81. The van der Waals surface area contributed by atoms with E-state index in [1.807, 2.05) is 25.3 Å². The average molecular weight is 278 g/mol. The lowest BCUT2D eigenvalue weighted by atomic mass is 10.0. The second-order valence-electron chi connectivity index (χ2n) is 4.79. The van der Waals surface area contributed by atoms with Gasteiger partial charge in [0, 0.05) is 0 Å². The molecule has 0 atom stereocenters. The zero-order chi connectivity index (χ0) is 14.0. The number of carbonyl (C=O) groups excluding carboxylic acids is 1. The number of amides is 1. The minimum absolute atomic E-state index is 0.0628. The molecule has 1 amide bonds. The molecule has 2 rings (SSSR count). The molecule has 0 unspecified atom stereocenters. The van der Waals surface area contributed by atoms with Crippen LogP contribution in [0.1, 0.15) is 52.3 Å². The quantitative estimate of drug-likeness (QED) is 0.932. The number of rotatable bonds is 4. The molecule has 102 valence electrons. The van der Waals surface area contributed by atoms with E-state index in [1.54, 1.807) is 0 Å². The fraction of sp³-hybridized carbons (Fsp3) is 0.429. The van der Waals surface area contributed by atoms with E-state index in [9.17, 15) is 4.79 Å². The number of carbonyl (C=O) groups is 1. The van der Waals surface area contributed by atoms with Gasteiger partial charge in [-0.2, -0.15) is 0 Å². The minimum Gasteiger partial charge on any atom is -0.444 e. The highest BCUT2D eigenvalue weighted by Crippen LogP contribution is 2.24. The topological polar surface area (TPSA) is 55.1 Å². The Balaban J connectivity index is 2.03. The normalized spacial score (nSPS) is 11.0. The van der Waals surface area contributed by atoms with E-state index >= 15 is 0 Å². The van der Waals surface area contributed by atoms with Gasteiger partial charge in [-0.1, -0.05) is 13.8 Å². The van der Waals surface area contributed by atoms with Gasteiger partial charge in [-0.3, -0.25) is 4.79 Å². The van der Waals surface area contributed by atoms with Crippen molar-refractivity contribution in [3.8, 4) is 0 Å². The van der Waals surface area contributed by atoms with Crippen LogP contribution >= 0.6 is 11.3 Å². The van der Waals surface area contributed by atoms with Gasteiger partial charge in [0.1, 0.15) is 5.76 Å². The van der Waals surface area contributed by atoms with Crippen molar-refractivity contribution in [3.63, 3.8) is 0 Å². The first-order chi connectivity index (χ1) is 8.99. The number of thiophene rings is 1. The van der Waals surface area contributed by atoms with Crippen molar-refractivity contribution in [1.29, 1.82) is 0 Å². The van der Waals surface area contributed by atoms with Gasteiger partial charge in [-0.25, -0.2) is 4.98 Å². The standard InChI is InChI=1S/C14H18N2O2S/c1-8(2)11-5-6-19-13(11)14(17)15-7-12-16-9(3)10(4)18-12/h5-6,8H,7H2,1-4H3,(H,15,17). The molecule has 0 aliphatic heterocycles. The Labute approximate surface area is 116 Å². The maximum Gasteiger partial charge on any atom is 0.262 e. The van der Waals surface area contributed by atoms with Crippen LogP contribution in [0.4, 0.5) is 0 Å². The first-order valence-electron chi connectivity index (χ1n) is 6.27. The molecule has 0 aromatic carbocycles. The smallest absolute Gasteiger partial charge is 0.262 e. The van der Waals surface area contributed by atoms with Crippen LogP contribution in [0.5, 0.6) is 0 Å². The van der Waals surface area contributed by atoms with Gasteiger partial charge in [0.2, 0.25) is 5.89 Å². The zero-order valence-corrected chi connectivity index (χ0v) is 12.4. The number of aromatic nitrogens is 1. The molecule has 0 spiro atoms. The van der Waals surface area contributed by atoms with E-state index < -0.39 is 0 Å². The number of nitrogens with one attached hydrogen (secondary N) is 1. The Bertz CT molecular complexity index is 565. The predicted octanol–water partition coefficient (Wildman–Crippen LogP) is 3.41. The number of oxazole rings is 1. The Morgan fingerprint density at radius 1 is 1.47 bits per heavy atom. The molecule has 19 heavy (non-hydrogen) atoms. The van der Waals surface area contributed by atoms with Crippen molar-refractivity contribution in [1.82, 2.24) is 10.3 Å². The molecule has 2 aromatic heterocycles. The number of nitrogens with zero attached hydrogens (tertiary/aromatic N) is 1. The molecule has 0 radical (unpaired) electrons. The molecule has 2 heterocycles. The molecular weight excluding hydrogens is 260 g/mol. The predicted molar refractivity (Wildman–Crippen MR) is 75.6 cm³/mol. The summed E-state index contributed by atoms with van der Waals surface area (Å²) in [5.41, 5.74) is 1.95. The van der Waals surface area contributed by atoms with Crippen LogP contribution in [0.15, 0.2) is 15.9 Å². The van der Waals surface area contributed by atoms with Gasteiger partial charge >= 0.3 is 0 Å². The second kappa shape index (κ2) is 5.57. The molecule has 1 N–H and O–H groups in total. The van der Waals surface area contributed by atoms with E-state index in [1.165, 1.54) is 11.3 Å². The van der Waals surface area contributed by atoms with Crippen molar-refractivity contribution in [2.75, 3.05) is 0 Å². The first-order valence-corrected chi connectivity index (χ1v) is 7.15. The molecule has 0 saturated heterocycles. The van der Waals surface area contributed by atoms with Crippen molar-refractivity contribution < 1.29 is 9.21 Å². The van der Waals surface area contributed by atoms with Gasteiger partial charge in [-0.05, 0) is 36.8 Å². The molecule has 0 aliphatic carbocycles. The van der Waals surface area contributed by atoms with Crippen LogP contribution in [0, 0.1) is 13.8 Å². The molecule has 0 bridgehead atoms. The van der Waals surface area contributed by atoms with E-state index in [0.717, 1.165) is 21.9 Å². The first kappa shape index (κ1) is 13.8. The molecular formula is C14H18N2O2S. The highest BCUT2D eigenvalue weighted by Gasteiger charge is 2.16. The summed E-state index contributed by atoms with van der Waals surface area (Å²) in [6, 6.07) is 2.00. The highest BCUT2D eigenvalue weighted by atomic mass is 32.1. The Morgan fingerprint density at radius 2 is 2.21 bits per heavy atom. The van der Waals surface area contributed by atoms with E-state index in [4.69, 9.17) is 4.42 Å². The van der Waals surface area contributed by atoms with Gasteiger partial charge < -0.3 is 9.73 Å². The van der Waals surface area contributed by atoms with Crippen LogP contribution in [0.2, 0.25) is 0 Å². The summed E-state index contributed by atoms with van der Waals surface area (Å²) < 4.78 is 5.44. The van der Waals surface area contributed by atoms with Crippen LogP contribution in [-0.4, -0.2) is 10.9 Å². The van der Waals surface area contributed by atoms with Crippen LogP contribution < -0.4 is 5.32 Å². The van der Waals surface area contributed by atoms with E-state index in [0.29, 0.717) is 18.4 Å². The molecule has 5 heteroatoms. The minimum atomic E-state index is -0.0628. The molecule has 0 fully saturated rings. The third kappa shape index (κ3) is 3.04. The zero-order valence-electron chi connectivity index (χ0n) is 11.6. The Kier molecular flexibility index (Phi) is 4.04. The monoisotopic (exact) mass is 278 g/mol. The summed E-state index contributed by atoms with van der Waals surface area (Å²) >= 11 is 1.47. The second-order valence-corrected chi connectivity index (χ2v) is 5.71. The largest absolute Gasteiger partial charge is 0.444 e. The summed E-state index contributed by atoms with van der Waals surface area (Å²) in [5.74, 6) is 1.62. The molecule has 0 aliphatic rings. The summed E-state index contributed by atoms with van der Waals surface area (Å²) in [6.07, 6.45) is 0. The van der Waals surface area contributed by atoms with Crippen LogP contribution in [0.25, 0.3) is 0 Å². The average Bonchev–Trinajstić information content (AvgIpc) is 2.94. The number of hydrogen-bond donors (Lipinski definition) is 1. The van der Waals surface area contributed by atoms with Crippen LogP contribution in [-0.2, 0) is 6.54 Å². The number of aryl methyl sites for hydroxylation is 2. The summed E-state index contributed by atoms with van der Waals surface area (Å²) in [7, 11) is 0.